The molecule has 3 heteroatoms. The van der Waals surface area contributed by atoms with E-state index in [4.69, 9.17) is 4.74 Å². The first-order chi connectivity index (χ1) is 17.7. The smallest absolute Gasteiger partial charge is 0.127 e. The normalized spacial score (nSPS) is 19.6. The molecule has 0 N–H and O–H groups in total. The fraction of sp³-hybridized carbons (Fsp3) is 0.515. The summed E-state index contributed by atoms with van der Waals surface area (Å²) in [7, 11) is 0. The molecule has 2 heterocycles. The molecule has 2 aliphatic rings. The Morgan fingerprint density at radius 3 is 2.58 bits per heavy atom. The number of ether oxygens (including phenoxy) is 1. The molecule has 36 heavy (non-hydrogen) atoms. The Morgan fingerprint density at radius 2 is 1.67 bits per heavy atom. The van der Waals surface area contributed by atoms with Gasteiger partial charge in [-0.05, 0) is 98.7 Å². The van der Waals surface area contributed by atoms with E-state index in [0.29, 0.717) is 0 Å². The van der Waals surface area contributed by atoms with Crippen molar-refractivity contribution >= 4 is 10.8 Å². The summed E-state index contributed by atoms with van der Waals surface area (Å²) in [4.78, 5) is 5.49. The van der Waals surface area contributed by atoms with Gasteiger partial charge in [0.1, 0.15) is 5.75 Å². The highest BCUT2D eigenvalue weighted by atomic mass is 16.5. The largest absolute Gasteiger partial charge is 0.493 e. The van der Waals surface area contributed by atoms with Gasteiger partial charge in [0, 0.05) is 31.6 Å². The lowest BCUT2D eigenvalue weighted by molar-refractivity contribution is 0.143. The van der Waals surface area contributed by atoms with Crippen molar-refractivity contribution in [2.45, 2.75) is 65.3 Å². The first-order valence-corrected chi connectivity index (χ1v) is 14.3. The number of benzene rings is 3. The molecule has 3 nitrogen and oxygen atoms in total. The molecule has 1 fully saturated rings. The Kier molecular flexibility index (Phi) is 8.61. The maximum Gasteiger partial charge on any atom is 0.127 e. The maximum absolute atomic E-state index is 6.19. The summed E-state index contributed by atoms with van der Waals surface area (Å²) in [5, 5.41) is 2.47. The number of hydrogen-bond acceptors (Lipinski definition) is 3. The average Bonchev–Trinajstić information content (AvgIpc) is 2.87. The molecule has 0 radical (unpaired) electrons. The van der Waals surface area contributed by atoms with Gasteiger partial charge in [-0.15, -0.1) is 0 Å². The molecular formula is C33H44N2O. The number of nitrogens with zero attached hydrogens (tertiary/aromatic N) is 2. The topological polar surface area (TPSA) is 15.7 Å². The Labute approximate surface area is 218 Å². The van der Waals surface area contributed by atoms with E-state index in [1.54, 1.807) is 11.1 Å². The minimum Gasteiger partial charge on any atom is -0.493 e. The fourth-order valence-electron chi connectivity index (χ4n) is 6.22. The van der Waals surface area contributed by atoms with Crippen LogP contribution in [0.4, 0.5) is 0 Å². The van der Waals surface area contributed by atoms with E-state index in [2.05, 4.69) is 78.2 Å². The van der Waals surface area contributed by atoms with Crippen molar-refractivity contribution in [1.29, 1.82) is 0 Å². The lowest BCUT2D eigenvalue weighted by Crippen LogP contribution is -2.40. The monoisotopic (exact) mass is 484 g/mol. The van der Waals surface area contributed by atoms with Gasteiger partial charge in [0.05, 0.1) is 6.61 Å². The lowest BCUT2D eigenvalue weighted by Gasteiger charge is -2.36. The molecule has 3 aromatic rings. The van der Waals surface area contributed by atoms with E-state index < -0.39 is 0 Å². The van der Waals surface area contributed by atoms with Gasteiger partial charge in [-0.2, -0.15) is 0 Å². The summed E-state index contributed by atoms with van der Waals surface area (Å²) < 4.78 is 6.19. The number of hydrogen-bond donors (Lipinski definition) is 0. The summed E-state index contributed by atoms with van der Waals surface area (Å²) >= 11 is 0. The second kappa shape index (κ2) is 12.3. The molecule has 0 aliphatic carbocycles. The molecule has 1 saturated heterocycles. The molecule has 1 unspecified atom stereocenters. The summed E-state index contributed by atoms with van der Waals surface area (Å²) in [6.07, 6.45) is 9.08. The zero-order valence-corrected chi connectivity index (χ0v) is 22.5. The van der Waals surface area contributed by atoms with Crippen LogP contribution in [0.3, 0.4) is 0 Å². The molecule has 192 valence electrons. The standard InChI is InChI=1S/C33H44N2O/c1-26-21-30-16-19-35(25-31(30)22-27(26)2)24-28-11-4-3-7-17-34(23-28)18-8-9-20-36-33-15-10-13-29-12-5-6-14-32(29)33/h5-6,10,12-15,21-22,28H,3-4,7-9,11,16-20,23-25H2,1-2H3. The summed E-state index contributed by atoms with van der Waals surface area (Å²) in [5.41, 5.74) is 6.04. The molecule has 3 aromatic carbocycles. The molecular weight excluding hydrogens is 440 g/mol. The van der Waals surface area contributed by atoms with Crippen LogP contribution >= 0.6 is 0 Å². The predicted octanol–water partition coefficient (Wildman–Crippen LogP) is 7.17. The maximum atomic E-state index is 6.19. The molecule has 5 rings (SSSR count). The molecule has 0 spiro atoms. The van der Waals surface area contributed by atoms with Crippen molar-refractivity contribution < 1.29 is 4.74 Å². The van der Waals surface area contributed by atoms with Crippen molar-refractivity contribution in [1.82, 2.24) is 9.80 Å². The molecule has 1 atom stereocenters. The van der Waals surface area contributed by atoms with Gasteiger partial charge in [-0.1, -0.05) is 61.4 Å². The number of unbranched alkanes of at least 4 members (excludes halogenated alkanes) is 1. The molecule has 0 bridgehead atoms. The molecule has 0 saturated carbocycles. The van der Waals surface area contributed by atoms with Crippen LogP contribution in [0.2, 0.25) is 0 Å². The third kappa shape index (κ3) is 6.49. The highest BCUT2D eigenvalue weighted by Crippen LogP contribution is 2.27. The van der Waals surface area contributed by atoms with Crippen LogP contribution in [0.1, 0.15) is 60.8 Å². The summed E-state index contributed by atoms with van der Waals surface area (Å²) in [5.74, 6) is 1.82. The van der Waals surface area contributed by atoms with Crippen LogP contribution < -0.4 is 4.74 Å². The first-order valence-electron chi connectivity index (χ1n) is 14.3. The fourth-order valence-corrected chi connectivity index (χ4v) is 6.22. The zero-order chi connectivity index (χ0) is 24.7. The predicted molar refractivity (Wildman–Crippen MR) is 152 cm³/mol. The zero-order valence-electron chi connectivity index (χ0n) is 22.5. The van der Waals surface area contributed by atoms with Gasteiger partial charge in [-0.3, -0.25) is 4.90 Å². The minimum absolute atomic E-state index is 0.797. The summed E-state index contributed by atoms with van der Waals surface area (Å²) in [6, 6.07) is 19.7. The van der Waals surface area contributed by atoms with E-state index in [1.165, 1.54) is 93.1 Å². The second-order valence-electron chi connectivity index (χ2n) is 11.2. The lowest BCUT2D eigenvalue weighted by atomic mass is 9.92. The quantitative estimate of drug-likeness (QED) is 0.315. The highest BCUT2D eigenvalue weighted by Gasteiger charge is 2.23. The average molecular weight is 485 g/mol. The van der Waals surface area contributed by atoms with Gasteiger partial charge in [0.2, 0.25) is 0 Å². The summed E-state index contributed by atoms with van der Waals surface area (Å²) in [6.45, 7) is 12.7. The van der Waals surface area contributed by atoms with Crippen LogP contribution in [-0.2, 0) is 13.0 Å². The number of fused-ring (bicyclic) bond motifs is 2. The van der Waals surface area contributed by atoms with Gasteiger partial charge in [0.25, 0.3) is 0 Å². The van der Waals surface area contributed by atoms with Crippen molar-refractivity contribution in [2.75, 3.05) is 39.3 Å². The van der Waals surface area contributed by atoms with Crippen LogP contribution in [0.15, 0.2) is 54.6 Å². The van der Waals surface area contributed by atoms with E-state index >= 15 is 0 Å². The van der Waals surface area contributed by atoms with E-state index in [-0.39, 0.29) is 0 Å². The van der Waals surface area contributed by atoms with Crippen LogP contribution in [0.5, 0.6) is 5.75 Å². The second-order valence-corrected chi connectivity index (χ2v) is 11.2. The van der Waals surface area contributed by atoms with E-state index in [9.17, 15) is 0 Å². The SMILES string of the molecule is Cc1cc2c(cc1C)CN(CC1CCCCCN(CCCCOc3cccc4ccccc34)C1)CC2. The number of aryl methyl sites for hydroxylation is 2. The van der Waals surface area contributed by atoms with Crippen LogP contribution in [0, 0.1) is 19.8 Å². The number of likely N-dealkylation sites (tertiary alicyclic amines) is 1. The van der Waals surface area contributed by atoms with Crippen molar-refractivity contribution in [3.63, 3.8) is 0 Å². The molecule has 2 aliphatic heterocycles. The Hall–Kier alpha value is -2.36. The van der Waals surface area contributed by atoms with Crippen LogP contribution in [0.25, 0.3) is 10.8 Å². The third-order valence-electron chi connectivity index (χ3n) is 8.40. The highest BCUT2D eigenvalue weighted by molar-refractivity contribution is 5.88. The third-order valence-corrected chi connectivity index (χ3v) is 8.40. The van der Waals surface area contributed by atoms with Crippen LogP contribution in [-0.4, -0.2) is 49.1 Å². The van der Waals surface area contributed by atoms with Crippen molar-refractivity contribution in [2.24, 2.45) is 5.92 Å². The number of rotatable bonds is 8. The first kappa shape index (κ1) is 25.3. The molecule has 0 amide bonds. The Morgan fingerprint density at radius 1 is 0.833 bits per heavy atom. The Bertz CT molecular complexity index is 1130. The van der Waals surface area contributed by atoms with Gasteiger partial charge in [0.15, 0.2) is 0 Å². The van der Waals surface area contributed by atoms with Gasteiger partial charge >= 0.3 is 0 Å². The Balaban J connectivity index is 1.09. The van der Waals surface area contributed by atoms with Gasteiger partial charge in [-0.25, -0.2) is 0 Å². The van der Waals surface area contributed by atoms with Crippen molar-refractivity contribution in [3.05, 3.63) is 76.9 Å². The van der Waals surface area contributed by atoms with E-state index in [1.807, 2.05) is 0 Å². The minimum atomic E-state index is 0.797. The van der Waals surface area contributed by atoms with Gasteiger partial charge < -0.3 is 9.64 Å². The van der Waals surface area contributed by atoms with E-state index in [0.717, 1.165) is 31.2 Å². The molecule has 0 aromatic heterocycles. The van der Waals surface area contributed by atoms with Crippen molar-refractivity contribution in [3.8, 4) is 5.75 Å².